The van der Waals surface area contributed by atoms with E-state index in [0.717, 1.165) is 29.7 Å². The number of aliphatic hydroxyl groups is 1. The molecule has 2 saturated carbocycles. The molecule has 0 aliphatic heterocycles. The first-order valence-electron chi connectivity index (χ1n) is 8.16. The summed E-state index contributed by atoms with van der Waals surface area (Å²) in [6.45, 7) is 0. The van der Waals surface area contributed by atoms with Crippen LogP contribution in [0.25, 0.3) is 0 Å². The fourth-order valence-corrected chi connectivity index (χ4v) is 4.37. The Morgan fingerprint density at radius 1 is 1.09 bits per heavy atom. The molecule has 1 N–H and O–H groups in total. The second-order valence-corrected chi connectivity index (χ2v) is 6.76. The highest BCUT2D eigenvalue weighted by molar-refractivity contribution is 6.01. The molecule has 0 saturated heterocycles. The van der Waals surface area contributed by atoms with Gasteiger partial charge in [0.1, 0.15) is 17.6 Å². The van der Waals surface area contributed by atoms with Crippen LogP contribution in [0.4, 0.5) is 0 Å². The molecular formula is C18H20O4. The minimum Gasteiger partial charge on any atom is -0.490 e. The maximum absolute atomic E-state index is 12.0. The number of ketones is 2. The van der Waals surface area contributed by atoms with Gasteiger partial charge in [0.25, 0.3) is 0 Å². The van der Waals surface area contributed by atoms with E-state index in [1.54, 1.807) is 0 Å². The molecule has 2 unspecified atom stereocenters. The Morgan fingerprint density at radius 2 is 1.95 bits per heavy atom. The van der Waals surface area contributed by atoms with Crippen molar-refractivity contribution in [3.05, 3.63) is 29.3 Å². The van der Waals surface area contributed by atoms with E-state index >= 15 is 0 Å². The van der Waals surface area contributed by atoms with Crippen LogP contribution in [0.1, 0.15) is 48.0 Å². The van der Waals surface area contributed by atoms with E-state index in [2.05, 4.69) is 0 Å². The summed E-state index contributed by atoms with van der Waals surface area (Å²) in [5.74, 6) is 1.27. The zero-order valence-corrected chi connectivity index (χ0v) is 12.5. The molecule has 4 atom stereocenters. The lowest BCUT2D eigenvalue weighted by Crippen LogP contribution is -2.40. The molecule has 116 valence electrons. The van der Waals surface area contributed by atoms with Gasteiger partial charge in [-0.1, -0.05) is 12.1 Å². The summed E-state index contributed by atoms with van der Waals surface area (Å²) in [5.41, 5.74) is 1.76. The molecule has 0 spiro atoms. The van der Waals surface area contributed by atoms with Gasteiger partial charge in [-0.25, -0.2) is 0 Å². The zero-order chi connectivity index (χ0) is 15.3. The van der Waals surface area contributed by atoms with Gasteiger partial charge in [-0.15, -0.1) is 0 Å². The molecule has 0 heterocycles. The Kier molecular flexibility index (Phi) is 3.30. The van der Waals surface area contributed by atoms with Crippen LogP contribution in [0.2, 0.25) is 0 Å². The van der Waals surface area contributed by atoms with Crippen LogP contribution in [-0.4, -0.2) is 28.9 Å². The SMILES string of the molecule is O=C1CCc2c(O[C@@H]3CC(O)[C@@H]4CCC(=O)C4C3)cccc21. The molecule has 4 rings (SSSR count). The van der Waals surface area contributed by atoms with Crippen LogP contribution in [0, 0.1) is 11.8 Å². The zero-order valence-electron chi connectivity index (χ0n) is 12.5. The Morgan fingerprint density at radius 3 is 2.82 bits per heavy atom. The summed E-state index contributed by atoms with van der Waals surface area (Å²) in [6.07, 6.45) is 3.36. The number of aliphatic hydroxyl groups excluding tert-OH is 1. The fraction of sp³-hybridized carbons (Fsp3) is 0.556. The molecule has 1 aromatic rings. The Balaban J connectivity index is 1.55. The molecule has 3 aliphatic rings. The van der Waals surface area contributed by atoms with Crippen LogP contribution in [0.5, 0.6) is 5.75 Å². The van der Waals surface area contributed by atoms with Crippen LogP contribution >= 0.6 is 0 Å². The molecule has 22 heavy (non-hydrogen) atoms. The van der Waals surface area contributed by atoms with Crippen molar-refractivity contribution in [3.63, 3.8) is 0 Å². The average molecular weight is 300 g/mol. The maximum atomic E-state index is 12.0. The average Bonchev–Trinajstić information content (AvgIpc) is 3.05. The largest absolute Gasteiger partial charge is 0.490 e. The highest BCUT2D eigenvalue weighted by atomic mass is 16.5. The number of Topliss-reactive ketones (excluding diaryl/α,β-unsaturated/α-hetero) is 2. The lowest BCUT2D eigenvalue weighted by atomic mass is 9.78. The van der Waals surface area contributed by atoms with Crippen molar-refractivity contribution < 1.29 is 19.4 Å². The van der Waals surface area contributed by atoms with Crippen molar-refractivity contribution in [1.29, 1.82) is 0 Å². The summed E-state index contributed by atoms with van der Waals surface area (Å²) in [6, 6.07) is 5.59. The van der Waals surface area contributed by atoms with E-state index < -0.39 is 6.10 Å². The van der Waals surface area contributed by atoms with Gasteiger partial charge in [0.15, 0.2) is 5.78 Å². The normalized spacial score (nSPS) is 33.7. The third-order valence-electron chi connectivity index (χ3n) is 5.50. The van der Waals surface area contributed by atoms with Gasteiger partial charge < -0.3 is 9.84 Å². The number of fused-ring (bicyclic) bond motifs is 2. The van der Waals surface area contributed by atoms with Crippen LogP contribution < -0.4 is 4.74 Å². The molecule has 0 amide bonds. The minimum absolute atomic E-state index is 0.0489. The number of hydrogen-bond donors (Lipinski definition) is 1. The topological polar surface area (TPSA) is 63.6 Å². The van der Waals surface area contributed by atoms with Gasteiger partial charge in [0.05, 0.1) is 6.10 Å². The number of benzene rings is 1. The number of carbonyl (C=O) groups excluding carboxylic acids is 2. The Hall–Kier alpha value is -1.68. The van der Waals surface area contributed by atoms with E-state index in [9.17, 15) is 14.7 Å². The van der Waals surface area contributed by atoms with E-state index in [1.807, 2.05) is 18.2 Å². The van der Waals surface area contributed by atoms with Gasteiger partial charge >= 0.3 is 0 Å². The summed E-state index contributed by atoms with van der Waals surface area (Å²) >= 11 is 0. The third-order valence-corrected chi connectivity index (χ3v) is 5.50. The monoisotopic (exact) mass is 300 g/mol. The third kappa shape index (κ3) is 2.17. The van der Waals surface area contributed by atoms with Crippen LogP contribution in [0.15, 0.2) is 18.2 Å². The predicted molar refractivity (Wildman–Crippen MR) is 80.0 cm³/mol. The minimum atomic E-state index is -0.450. The van der Waals surface area contributed by atoms with Crippen molar-refractivity contribution in [2.24, 2.45) is 11.8 Å². The number of rotatable bonds is 2. The molecule has 0 radical (unpaired) electrons. The van der Waals surface area contributed by atoms with Gasteiger partial charge in [0, 0.05) is 36.3 Å². The summed E-state index contributed by atoms with van der Waals surface area (Å²) in [7, 11) is 0. The van der Waals surface area contributed by atoms with Crippen molar-refractivity contribution >= 4 is 11.6 Å². The number of carbonyl (C=O) groups is 2. The van der Waals surface area contributed by atoms with Crippen molar-refractivity contribution in [3.8, 4) is 5.75 Å². The lowest BCUT2D eigenvalue weighted by molar-refractivity contribution is -0.125. The van der Waals surface area contributed by atoms with Crippen LogP contribution in [0.3, 0.4) is 0 Å². The van der Waals surface area contributed by atoms with Crippen LogP contribution in [-0.2, 0) is 11.2 Å². The van der Waals surface area contributed by atoms with Gasteiger partial charge in [-0.05, 0) is 31.2 Å². The lowest BCUT2D eigenvalue weighted by Gasteiger charge is -2.35. The van der Waals surface area contributed by atoms with Crippen molar-refractivity contribution in [2.45, 2.75) is 50.7 Å². The molecule has 4 heteroatoms. The summed E-state index contributed by atoms with van der Waals surface area (Å²) in [4.78, 5) is 23.8. The number of ether oxygens (including phenoxy) is 1. The maximum Gasteiger partial charge on any atom is 0.163 e. The van der Waals surface area contributed by atoms with Gasteiger partial charge in [-0.2, -0.15) is 0 Å². The van der Waals surface area contributed by atoms with E-state index in [-0.39, 0.29) is 29.5 Å². The standard InChI is InChI=1S/C18H20O4/c19-15-7-5-13-11(15)2-1-3-18(13)22-10-8-14-12(17(21)9-10)4-6-16(14)20/h1-3,10,12,14,17,21H,4-9H2/t10-,12+,14?,17?/m0/s1. The first-order valence-corrected chi connectivity index (χ1v) is 8.16. The number of hydrogen-bond acceptors (Lipinski definition) is 4. The first-order chi connectivity index (χ1) is 10.6. The van der Waals surface area contributed by atoms with E-state index in [4.69, 9.17) is 4.74 Å². The molecule has 3 aliphatic carbocycles. The predicted octanol–water partition coefficient (Wildman–Crippen LogP) is 2.31. The quantitative estimate of drug-likeness (QED) is 0.910. The van der Waals surface area contributed by atoms with Gasteiger partial charge in [-0.3, -0.25) is 9.59 Å². The fourth-order valence-electron chi connectivity index (χ4n) is 4.37. The van der Waals surface area contributed by atoms with E-state index in [1.165, 1.54) is 0 Å². The van der Waals surface area contributed by atoms with E-state index in [0.29, 0.717) is 25.7 Å². The smallest absolute Gasteiger partial charge is 0.163 e. The van der Waals surface area contributed by atoms with Gasteiger partial charge in [0.2, 0.25) is 0 Å². The van der Waals surface area contributed by atoms with Crippen molar-refractivity contribution in [1.82, 2.24) is 0 Å². The molecular weight excluding hydrogens is 280 g/mol. The summed E-state index contributed by atoms with van der Waals surface area (Å²) in [5, 5.41) is 10.3. The Labute approximate surface area is 129 Å². The second-order valence-electron chi connectivity index (χ2n) is 6.76. The highest BCUT2D eigenvalue weighted by Gasteiger charge is 2.45. The summed E-state index contributed by atoms with van der Waals surface area (Å²) < 4.78 is 6.11. The molecule has 2 fully saturated rings. The van der Waals surface area contributed by atoms with Crippen molar-refractivity contribution in [2.75, 3.05) is 0 Å². The second kappa shape index (κ2) is 5.20. The molecule has 0 bridgehead atoms. The molecule has 4 nitrogen and oxygen atoms in total. The Bertz CT molecular complexity index is 636. The molecule has 0 aromatic heterocycles. The highest BCUT2D eigenvalue weighted by Crippen LogP contribution is 2.42. The molecule has 1 aromatic carbocycles. The first kappa shape index (κ1) is 13.9.